The first kappa shape index (κ1) is 20.0. The Labute approximate surface area is 194 Å². The zero-order chi connectivity index (χ0) is 20.8. The Hall–Kier alpha value is -1.98. The number of allylic oxidation sites excluding steroid dienone is 2. The van der Waals surface area contributed by atoms with Crippen molar-refractivity contribution in [3.8, 4) is 0 Å². The molecule has 1 aromatic heterocycles. The topological polar surface area (TPSA) is 42.7 Å². The molecule has 30 heavy (non-hydrogen) atoms. The van der Waals surface area contributed by atoms with Crippen molar-refractivity contribution in [2.45, 2.75) is 25.3 Å². The summed E-state index contributed by atoms with van der Waals surface area (Å²) in [5.74, 6) is 0.680. The molecule has 2 aromatic carbocycles. The monoisotopic (exact) mass is 476 g/mol. The van der Waals surface area contributed by atoms with Crippen molar-refractivity contribution in [1.29, 1.82) is 0 Å². The molecule has 0 saturated carbocycles. The fraction of sp³-hybridized carbons (Fsp3) is 0.182. The molecule has 3 aromatic rings. The number of anilines is 1. The summed E-state index contributed by atoms with van der Waals surface area (Å²) in [7, 11) is 0. The first-order chi connectivity index (χ1) is 14.5. The van der Waals surface area contributed by atoms with Gasteiger partial charge in [-0.1, -0.05) is 58.5 Å². The average Bonchev–Trinajstić information content (AvgIpc) is 3.17. The van der Waals surface area contributed by atoms with Gasteiger partial charge in [0.25, 0.3) is 0 Å². The number of nitrogens with zero attached hydrogens (tertiary/aromatic N) is 3. The lowest BCUT2D eigenvalue weighted by atomic mass is 9.83. The maximum Gasteiger partial charge on any atom is 0.226 e. The van der Waals surface area contributed by atoms with E-state index < -0.39 is 0 Å². The third kappa shape index (κ3) is 3.52. The molecule has 0 fully saturated rings. The fourth-order valence-electron chi connectivity index (χ4n) is 4.14. The van der Waals surface area contributed by atoms with Gasteiger partial charge < -0.3 is 5.32 Å². The van der Waals surface area contributed by atoms with Gasteiger partial charge in [-0.2, -0.15) is 10.1 Å². The third-order valence-corrected chi connectivity index (χ3v) is 6.59. The summed E-state index contributed by atoms with van der Waals surface area (Å²) in [4.78, 5) is 4.41. The Morgan fingerprint density at radius 3 is 2.50 bits per heavy atom. The van der Waals surface area contributed by atoms with Crippen LogP contribution in [-0.2, 0) is 0 Å². The number of hydrogen-bond donors (Lipinski definition) is 1. The van der Waals surface area contributed by atoms with Gasteiger partial charge in [0.15, 0.2) is 0 Å². The fourth-order valence-corrected chi connectivity index (χ4v) is 5.12. The quantitative estimate of drug-likeness (QED) is 0.417. The van der Waals surface area contributed by atoms with Crippen molar-refractivity contribution in [3.63, 3.8) is 0 Å². The van der Waals surface area contributed by atoms with E-state index in [2.05, 4.69) is 21.5 Å². The molecule has 0 saturated heterocycles. The number of rotatable bonds is 2. The lowest BCUT2D eigenvalue weighted by Gasteiger charge is -2.35. The molecule has 0 amide bonds. The highest BCUT2D eigenvalue weighted by atomic mass is 35.5. The Bertz CT molecular complexity index is 1210. The van der Waals surface area contributed by atoms with Crippen LogP contribution < -0.4 is 5.32 Å². The van der Waals surface area contributed by atoms with Crippen LogP contribution in [0.25, 0.3) is 6.08 Å². The largest absolute Gasteiger partial charge is 0.324 e. The number of benzene rings is 2. The predicted octanol–water partition coefficient (Wildman–Crippen LogP) is 7.43. The first-order valence-corrected chi connectivity index (χ1v) is 11.0. The summed E-state index contributed by atoms with van der Waals surface area (Å²) in [6, 6.07) is 11.0. The van der Waals surface area contributed by atoms with Gasteiger partial charge in [0.2, 0.25) is 5.95 Å². The molecule has 2 aliphatic rings. The van der Waals surface area contributed by atoms with Gasteiger partial charge in [-0.3, -0.25) is 0 Å². The Balaban J connectivity index is 1.66. The molecular weight excluding hydrogens is 462 g/mol. The second kappa shape index (κ2) is 7.93. The molecule has 0 unspecified atom stereocenters. The lowest BCUT2D eigenvalue weighted by Crippen LogP contribution is -2.28. The molecule has 0 bridgehead atoms. The second-order valence-corrected chi connectivity index (χ2v) is 9.00. The highest BCUT2D eigenvalue weighted by molar-refractivity contribution is 6.36. The number of nitrogens with one attached hydrogen (secondary N) is 1. The van der Waals surface area contributed by atoms with Crippen LogP contribution in [0.15, 0.2) is 59.6 Å². The van der Waals surface area contributed by atoms with Gasteiger partial charge in [-0.25, -0.2) is 4.68 Å². The van der Waals surface area contributed by atoms with Crippen molar-refractivity contribution < 1.29 is 0 Å². The van der Waals surface area contributed by atoms with E-state index in [0.717, 1.165) is 36.1 Å². The van der Waals surface area contributed by atoms with E-state index >= 15 is 0 Å². The minimum atomic E-state index is -0.145. The molecule has 2 heterocycles. The SMILES string of the molecule is Clc1ccc(/C=C2\CCCC3=C2Nc2ncnn2[C@@H]3c2ccc(Cl)cc2Cl)c(Cl)c1. The minimum absolute atomic E-state index is 0.145. The van der Waals surface area contributed by atoms with Gasteiger partial charge in [0.05, 0.1) is 0 Å². The summed E-state index contributed by atoms with van der Waals surface area (Å²) in [5.41, 5.74) is 5.33. The van der Waals surface area contributed by atoms with Crippen LogP contribution in [-0.4, -0.2) is 14.8 Å². The van der Waals surface area contributed by atoms with Crippen molar-refractivity contribution in [1.82, 2.24) is 14.8 Å². The van der Waals surface area contributed by atoms with E-state index in [1.165, 1.54) is 11.1 Å². The van der Waals surface area contributed by atoms with Crippen molar-refractivity contribution in [3.05, 3.63) is 90.8 Å². The van der Waals surface area contributed by atoms with Crippen LogP contribution in [0.5, 0.6) is 0 Å². The average molecular weight is 478 g/mol. The van der Waals surface area contributed by atoms with E-state index in [4.69, 9.17) is 46.4 Å². The molecule has 1 atom stereocenters. The van der Waals surface area contributed by atoms with Gasteiger partial charge in [0, 0.05) is 25.8 Å². The van der Waals surface area contributed by atoms with E-state index in [1.807, 2.05) is 28.9 Å². The van der Waals surface area contributed by atoms with Crippen LogP contribution in [0.4, 0.5) is 5.95 Å². The van der Waals surface area contributed by atoms with Crippen molar-refractivity contribution in [2.75, 3.05) is 5.32 Å². The predicted molar refractivity (Wildman–Crippen MR) is 124 cm³/mol. The normalized spacial score (nSPS) is 19.5. The molecule has 0 radical (unpaired) electrons. The molecule has 1 aliphatic heterocycles. The van der Waals surface area contributed by atoms with E-state index in [1.54, 1.807) is 18.5 Å². The highest BCUT2D eigenvalue weighted by Crippen LogP contribution is 2.45. The van der Waals surface area contributed by atoms with Gasteiger partial charge in [0.1, 0.15) is 12.4 Å². The molecule has 1 N–H and O–H groups in total. The number of fused-ring (bicyclic) bond motifs is 1. The van der Waals surface area contributed by atoms with E-state index in [-0.39, 0.29) is 6.04 Å². The summed E-state index contributed by atoms with van der Waals surface area (Å²) >= 11 is 25.2. The minimum Gasteiger partial charge on any atom is -0.324 e. The number of aromatic nitrogens is 3. The standard InChI is InChI=1S/C22H16Cl4N4/c23-14-5-4-12(18(25)9-14)8-13-2-1-3-17-20(13)29-22-27-11-28-30(22)21(17)16-7-6-15(24)10-19(16)26/h4-11,21H,1-3H2,(H,27,28,29)/b13-8+/t21-/m1/s1. The van der Waals surface area contributed by atoms with Crippen molar-refractivity contribution >= 4 is 58.4 Å². The number of halogens is 4. The highest BCUT2D eigenvalue weighted by Gasteiger charge is 2.34. The summed E-state index contributed by atoms with van der Waals surface area (Å²) in [5, 5.41) is 10.4. The van der Waals surface area contributed by atoms with E-state index in [0.29, 0.717) is 26.0 Å². The molecule has 0 spiro atoms. The summed E-state index contributed by atoms with van der Waals surface area (Å²) in [6.07, 6.45) is 6.55. The molecule has 5 rings (SSSR count). The first-order valence-electron chi connectivity index (χ1n) is 9.52. The lowest BCUT2D eigenvalue weighted by molar-refractivity contribution is 0.538. The zero-order valence-corrected chi connectivity index (χ0v) is 18.7. The Morgan fingerprint density at radius 2 is 1.73 bits per heavy atom. The molecule has 8 heteroatoms. The molecule has 4 nitrogen and oxygen atoms in total. The second-order valence-electron chi connectivity index (χ2n) is 7.31. The smallest absolute Gasteiger partial charge is 0.226 e. The number of hydrogen-bond acceptors (Lipinski definition) is 3. The molecule has 152 valence electrons. The van der Waals surface area contributed by atoms with Crippen LogP contribution in [0.3, 0.4) is 0 Å². The summed E-state index contributed by atoms with van der Waals surface area (Å²) < 4.78 is 1.88. The van der Waals surface area contributed by atoms with Crippen LogP contribution in [0.2, 0.25) is 20.1 Å². The van der Waals surface area contributed by atoms with Crippen LogP contribution >= 0.6 is 46.4 Å². The van der Waals surface area contributed by atoms with Gasteiger partial charge >= 0.3 is 0 Å². The maximum absolute atomic E-state index is 6.60. The van der Waals surface area contributed by atoms with Gasteiger partial charge in [-0.15, -0.1) is 0 Å². The third-order valence-electron chi connectivity index (χ3n) is 5.47. The van der Waals surface area contributed by atoms with Crippen LogP contribution in [0, 0.1) is 0 Å². The zero-order valence-electron chi connectivity index (χ0n) is 15.7. The maximum atomic E-state index is 6.60. The molecule has 1 aliphatic carbocycles. The van der Waals surface area contributed by atoms with Gasteiger partial charge in [-0.05, 0) is 71.9 Å². The van der Waals surface area contributed by atoms with E-state index in [9.17, 15) is 0 Å². The Morgan fingerprint density at radius 1 is 0.967 bits per heavy atom. The molecular formula is C22H16Cl4N4. The van der Waals surface area contributed by atoms with Crippen molar-refractivity contribution in [2.24, 2.45) is 0 Å². The van der Waals surface area contributed by atoms with Crippen LogP contribution in [0.1, 0.15) is 36.4 Å². The summed E-state index contributed by atoms with van der Waals surface area (Å²) in [6.45, 7) is 0. The Kier molecular flexibility index (Phi) is 5.28.